The highest BCUT2D eigenvalue weighted by molar-refractivity contribution is 6.08. The lowest BCUT2D eigenvalue weighted by atomic mass is 10.1. The molecule has 0 aliphatic carbocycles. The molecule has 0 aromatic heterocycles. The average Bonchev–Trinajstić information content (AvgIpc) is 2.70. The van der Waals surface area contributed by atoms with E-state index < -0.39 is 23.4 Å². The molecule has 0 radical (unpaired) electrons. The van der Waals surface area contributed by atoms with Crippen molar-refractivity contribution in [3.8, 4) is 5.75 Å². The first-order valence-corrected chi connectivity index (χ1v) is 7.26. The van der Waals surface area contributed by atoms with Gasteiger partial charge in [-0.05, 0) is 31.5 Å². The smallest absolute Gasteiger partial charge is 0.326 e. The van der Waals surface area contributed by atoms with Crippen LogP contribution in [0.1, 0.15) is 19.4 Å². The Morgan fingerprint density at radius 3 is 2.39 bits per heavy atom. The molecule has 0 saturated carbocycles. The van der Waals surface area contributed by atoms with Crippen LogP contribution in [0, 0.1) is 0 Å². The topological polar surface area (TPSA) is 84.9 Å². The zero-order chi connectivity index (χ0) is 17.0. The molecule has 7 heteroatoms. The van der Waals surface area contributed by atoms with Gasteiger partial charge in [-0.25, -0.2) is 4.79 Å². The van der Waals surface area contributed by atoms with Gasteiger partial charge >= 0.3 is 12.0 Å². The second kappa shape index (κ2) is 6.68. The van der Waals surface area contributed by atoms with Crippen LogP contribution < -0.4 is 10.1 Å². The second-order valence-corrected chi connectivity index (χ2v) is 5.76. The minimum absolute atomic E-state index is 0.179. The summed E-state index contributed by atoms with van der Waals surface area (Å²) < 4.78 is 10.1. The van der Waals surface area contributed by atoms with E-state index in [0.29, 0.717) is 6.42 Å². The molecule has 7 nitrogen and oxygen atoms in total. The number of hydrogen-bond donors (Lipinski definition) is 1. The number of methoxy groups -OCH3 is 1. The highest BCUT2D eigenvalue weighted by Gasteiger charge is 2.45. The van der Waals surface area contributed by atoms with Crippen molar-refractivity contribution in [3.05, 3.63) is 29.8 Å². The molecule has 1 aliphatic heterocycles. The summed E-state index contributed by atoms with van der Waals surface area (Å²) in [5.41, 5.74) is 0.00946. The summed E-state index contributed by atoms with van der Waals surface area (Å²) in [5.74, 6) is -0.291. The summed E-state index contributed by atoms with van der Waals surface area (Å²) >= 11 is 0. The maximum absolute atomic E-state index is 12.0. The van der Waals surface area contributed by atoms with Gasteiger partial charge in [0.05, 0.1) is 13.7 Å². The number of imide groups is 1. The zero-order valence-corrected chi connectivity index (χ0v) is 13.4. The summed E-state index contributed by atoms with van der Waals surface area (Å²) in [7, 11) is 1.59. The lowest BCUT2D eigenvalue weighted by Crippen LogP contribution is -2.41. The van der Waals surface area contributed by atoms with Gasteiger partial charge in [0.25, 0.3) is 5.91 Å². The normalized spacial score (nSPS) is 16.2. The highest BCUT2D eigenvalue weighted by atomic mass is 16.5. The van der Waals surface area contributed by atoms with Gasteiger partial charge in [-0.15, -0.1) is 0 Å². The highest BCUT2D eigenvalue weighted by Crippen LogP contribution is 2.16. The third-order valence-electron chi connectivity index (χ3n) is 3.54. The van der Waals surface area contributed by atoms with Crippen LogP contribution in [0.15, 0.2) is 24.3 Å². The third kappa shape index (κ3) is 4.00. The van der Waals surface area contributed by atoms with E-state index in [1.165, 1.54) is 0 Å². The molecule has 124 valence electrons. The van der Waals surface area contributed by atoms with Gasteiger partial charge < -0.3 is 14.8 Å². The second-order valence-electron chi connectivity index (χ2n) is 5.76. The maximum Gasteiger partial charge on any atom is 0.326 e. The molecule has 23 heavy (non-hydrogen) atoms. The van der Waals surface area contributed by atoms with Crippen LogP contribution in [0.5, 0.6) is 5.75 Å². The molecule has 1 aliphatic rings. The van der Waals surface area contributed by atoms with Gasteiger partial charge in [-0.3, -0.25) is 14.5 Å². The number of benzene rings is 1. The van der Waals surface area contributed by atoms with Crippen LogP contribution >= 0.6 is 0 Å². The number of nitrogens with one attached hydrogen (secondary N) is 1. The van der Waals surface area contributed by atoms with Crippen molar-refractivity contribution in [2.75, 3.05) is 20.3 Å². The van der Waals surface area contributed by atoms with E-state index in [4.69, 9.17) is 9.47 Å². The van der Waals surface area contributed by atoms with E-state index in [2.05, 4.69) is 5.32 Å². The van der Waals surface area contributed by atoms with Crippen LogP contribution in [0.3, 0.4) is 0 Å². The Kier molecular flexibility index (Phi) is 4.88. The van der Waals surface area contributed by atoms with Crippen LogP contribution in [-0.2, 0) is 20.7 Å². The van der Waals surface area contributed by atoms with E-state index in [9.17, 15) is 14.4 Å². The van der Waals surface area contributed by atoms with Crippen molar-refractivity contribution in [1.29, 1.82) is 0 Å². The minimum atomic E-state index is -0.986. The summed E-state index contributed by atoms with van der Waals surface area (Å²) in [5, 5.41) is 2.51. The molecular weight excluding hydrogens is 300 g/mol. The largest absolute Gasteiger partial charge is 0.497 e. The fraction of sp³-hybridized carbons (Fsp3) is 0.438. The van der Waals surface area contributed by atoms with Gasteiger partial charge in [0.2, 0.25) is 0 Å². The molecule has 1 saturated heterocycles. The number of hydrogen-bond acceptors (Lipinski definition) is 5. The fourth-order valence-electron chi connectivity index (χ4n) is 2.21. The van der Waals surface area contributed by atoms with Crippen LogP contribution in [-0.4, -0.2) is 48.6 Å². The first-order valence-electron chi connectivity index (χ1n) is 7.26. The summed E-state index contributed by atoms with van der Waals surface area (Å²) in [6.07, 6.45) is 0.543. The van der Waals surface area contributed by atoms with Gasteiger partial charge in [0.15, 0.2) is 0 Å². The maximum atomic E-state index is 12.0. The lowest BCUT2D eigenvalue weighted by molar-refractivity contribution is -0.147. The molecular formula is C16H20N2O5. The van der Waals surface area contributed by atoms with Crippen molar-refractivity contribution in [3.63, 3.8) is 0 Å². The Morgan fingerprint density at radius 1 is 1.22 bits per heavy atom. The molecule has 2 rings (SSSR count). The predicted octanol–water partition coefficient (Wildman–Crippen LogP) is 1.11. The van der Waals surface area contributed by atoms with Crippen LogP contribution in [0.2, 0.25) is 0 Å². The van der Waals surface area contributed by atoms with E-state index in [0.717, 1.165) is 16.2 Å². The van der Waals surface area contributed by atoms with Gasteiger partial charge in [0, 0.05) is 6.42 Å². The van der Waals surface area contributed by atoms with Crippen molar-refractivity contribution >= 4 is 17.9 Å². The number of ether oxygens (including phenoxy) is 2. The Balaban J connectivity index is 1.79. The Hall–Kier alpha value is -2.57. The summed E-state index contributed by atoms with van der Waals surface area (Å²) in [4.78, 5) is 36.3. The predicted molar refractivity (Wildman–Crippen MR) is 82.0 cm³/mol. The Labute approximate surface area is 134 Å². The molecule has 1 heterocycles. The molecule has 3 amide bonds. The summed E-state index contributed by atoms with van der Waals surface area (Å²) in [6, 6.07) is 6.84. The van der Waals surface area contributed by atoms with Crippen LogP contribution in [0.25, 0.3) is 0 Å². The number of carbonyl (C=O) groups excluding carboxylic acids is 3. The number of nitrogens with zero attached hydrogens (tertiary/aromatic N) is 1. The first-order chi connectivity index (χ1) is 10.8. The number of carbonyl (C=O) groups is 3. The SMILES string of the molecule is COc1ccc(CCOC(=O)CN2C(=O)NC(C)(C)C2=O)cc1. The molecule has 0 bridgehead atoms. The number of amides is 3. The molecule has 0 atom stereocenters. The van der Waals surface area contributed by atoms with E-state index in [1.54, 1.807) is 21.0 Å². The van der Waals surface area contributed by atoms with E-state index in [1.807, 2.05) is 24.3 Å². The number of urea groups is 1. The van der Waals surface area contributed by atoms with Gasteiger partial charge in [-0.2, -0.15) is 0 Å². The molecule has 1 aromatic rings. The van der Waals surface area contributed by atoms with Gasteiger partial charge in [0.1, 0.15) is 17.8 Å². The lowest BCUT2D eigenvalue weighted by Gasteiger charge is -2.15. The van der Waals surface area contributed by atoms with Crippen molar-refractivity contribution in [2.24, 2.45) is 0 Å². The fourth-order valence-corrected chi connectivity index (χ4v) is 2.21. The van der Waals surface area contributed by atoms with E-state index >= 15 is 0 Å². The quantitative estimate of drug-likeness (QED) is 0.627. The molecule has 0 unspecified atom stereocenters. The molecule has 1 fully saturated rings. The van der Waals surface area contributed by atoms with Crippen molar-refractivity contribution in [1.82, 2.24) is 10.2 Å². The zero-order valence-electron chi connectivity index (χ0n) is 13.4. The summed E-state index contributed by atoms with van der Waals surface area (Å²) in [6.45, 7) is 2.97. The molecule has 1 N–H and O–H groups in total. The number of esters is 1. The first kappa shape index (κ1) is 16.8. The standard InChI is InChI=1S/C16H20N2O5/c1-16(2)14(20)18(15(21)17-16)10-13(19)23-9-8-11-4-6-12(22-3)7-5-11/h4-7H,8-10H2,1-3H3,(H,17,21). The van der Waals surface area contributed by atoms with E-state index in [-0.39, 0.29) is 13.2 Å². The minimum Gasteiger partial charge on any atom is -0.497 e. The molecule has 0 spiro atoms. The Bertz CT molecular complexity index is 609. The molecule has 1 aromatic carbocycles. The monoisotopic (exact) mass is 320 g/mol. The van der Waals surface area contributed by atoms with Crippen molar-refractivity contribution < 1.29 is 23.9 Å². The van der Waals surface area contributed by atoms with Gasteiger partial charge in [-0.1, -0.05) is 12.1 Å². The Morgan fingerprint density at radius 2 is 1.87 bits per heavy atom. The van der Waals surface area contributed by atoms with Crippen LogP contribution in [0.4, 0.5) is 4.79 Å². The van der Waals surface area contributed by atoms with Crippen molar-refractivity contribution in [2.45, 2.75) is 25.8 Å². The third-order valence-corrected chi connectivity index (χ3v) is 3.54. The average molecular weight is 320 g/mol. The number of rotatable bonds is 6.